The molecule has 25 heavy (non-hydrogen) atoms. The lowest BCUT2D eigenvalue weighted by atomic mass is 9.77. The van der Waals surface area contributed by atoms with Crippen LogP contribution in [-0.2, 0) is 27.5 Å². The lowest BCUT2D eigenvalue weighted by Gasteiger charge is -2.36. The van der Waals surface area contributed by atoms with Crippen LogP contribution in [-0.4, -0.2) is 35.3 Å². The van der Waals surface area contributed by atoms with Crippen LogP contribution in [0.5, 0.6) is 0 Å². The van der Waals surface area contributed by atoms with Crippen LogP contribution in [0.25, 0.3) is 0 Å². The summed E-state index contributed by atoms with van der Waals surface area (Å²) in [6.07, 6.45) is 2.27. The minimum absolute atomic E-state index is 0.0325. The van der Waals surface area contributed by atoms with Crippen molar-refractivity contribution in [2.45, 2.75) is 46.7 Å². The standard InChI is InChI=1S/C20H27NO4/c1-20(2,3)16-10-17(19(23)21-8-9-21)25-18(11-16)24-13-15-6-4-14(12-22)5-7-15/h4-7,10,16,18,22H,8-9,11-13H2,1-3H3/t16-,18+/m0/s1. The number of benzene rings is 1. The van der Waals surface area contributed by atoms with Gasteiger partial charge in [0.1, 0.15) is 0 Å². The smallest absolute Gasteiger partial charge is 0.288 e. The van der Waals surface area contributed by atoms with Gasteiger partial charge in [0.2, 0.25) is 6.29 Å². The molecule has 5 nitrogen and oxygen atoms in total. The molecule has 5 heteroatoms. The maximum absolute atomic E-state index is 12.4. The third kappa shape index (κ3) is 4.61. The molecule has 1 amide bonds. The van der Waals surface area contributed by atoms with Crippen molar-refractivity contribution in [2.24, 2.45) is 11.3 Å². The minimum Gasteiger partial charge on any atom is -0.459 e. The highest BCUT2D eigenvalue weighted by molar-refractivity contribution is 5.93. The third-order valence-corrected chi connectivity index (χ3v) is 4.76. The van der Waals surface area contributed by atoms with Crippen molar-refractivity contribution in [1.82, 2.24) is 4.90 Å². The maximum Gasteiger partial charge on any atom is 0.288 e. The molecule has 2 heterocycles. The highest BCUT2D eigenvalue weighted by atomic mass is 16.7. The highest BCUT2D eigenvalue weighted by Gasteiger charge is 2.37. The number of hydrogen-bond donors (Lipinski definition) is 1. The predicted molar refractivity (Wildman–Crippen MR) is 94.3 cm³/mol. The van der Waals surface area contributed by atoms with E-state index >= 15 is 0 Å². The Morgan fingerprint density at radius 1 is 1.24 bits per heavy atom. The molecule has 0 bridgehead atoms. The quantitative estimate of drug-likeness (QED) is 0.834. The highest BCUT2D eigenvalue weighted by Crippen LogP contribution is 2.37. The minimum atomic E-state index is -0.425. The van der Waals surface area contributed by atoms with Gasteiger partial charge in [0.25, 0.3) is 5.91 Å². The molecule has 0 saturated carbocycles. The van der Waals surface area contributed by atoms with Gasteiger partial charge in [-0.3, -0.25) is 4.79 Å². The first-order valence-electron chi connectivity index (χ1n) is 8.85. The summed E-state index contributed by atoms with van der Waals surface area (Å²) in [4.78, 5) is 14.1. The zero-order chi connectivity index (χ0) is 18.0. The van der Waals surface area contributed by atoms with E-state index in [4.69, 9.17) is 14.6 Å². The van der Waals surface area contributed by atoms with Crippen molar-refractivity contribution in [3.63, 3.8) is 0 Å². The number of aliphatic hydroxyl groups is 1. The van der Waals surface area contributed by atoms with Gasteiger partial charge in [0, 0.05) is 19.5 Å². The first kappa shape index (κ1) is 18.0. The summed E-state index contributed by atoms with van der Waals surface area (Å²) in [6.45, 7) is 8.58. The zero-order valence-electron chi connectivity index (χ0n) is 15.2. The summed E-state index contributed by atoms with van der Waals surface area (Å²) < 4.78 is 11.8. The lowest BCUT2D eigenvalue weighted by molar-refractivity contribution is -0.159. The largest absolute Gasteiger partial charge is 0.459 e. The number of ether oxygens (including phenoxy) is 2. The summed E-state index contributed by atoms with van der Waals surface area (Å²) in [7, 11) is 0. The number of allylic oxidation sites excluding steroid dienone is 1. The number of carbonyl (C=O) groups excluding carboxylic acids is 1. The fourth-order valence-corrected chi connectivity index (χ4v) is 2.85. The Balaban J connectivity index is 1.66. The summed E-state index contributed by atoms with van der Waals surface area (Å²) in [6, 6.07) is 7.64. The van der Waals surface area contributed by atoms with Gasteiger partial charge in [-0.05, 0) is 28.5 Å². The van der Waals surface area contributed by atoms with Gasteiger partial charge in [0.15, 0.2) is 5.76 Å². The predicted octanol–water partition coefficient (Wildman–Crippen LogP) is 2.83. The molecule has 0 radical (unpaired) electrons. The number of nitrogens with zero attached hydrogens (tertiary/aromatic N) is 1. The molecule has 0 aromatic heterocycles. The maximum atomic E-state index is 12.4. The monoisotopic (exact) mass is 345 g/mol. The van der Waals surface area contributed by atoms with E-state index in [1.165, 1.54) is 0 Å². The number of carbonyl (C=O) groups is 1. The van der Waals surface area contributed by atoms with Crippen LogP contribution >= 0.6 is 0 Å². The Bertz CT molecular complexity index is 641. The van der Waals surface area contributed by atoms with Gasteiger partial charge in [-0.1, -0.05) is 45.0 Å². The Morgan fingerprint density at radius 3 is 2.44 bits per heavy atom. The van der Waals surface area contributed by atoms with Crippen LogP contribution < -0.4 is 0 Å². The van der Waals surface area contributed by atoms with E-state index in [1.807, 2.05) is 30.3 Å². The van der Waals surface area contributed by atoms with E-state index in [-0.39, 0.29) is 23.8 Å². The molecular formula is C20H27NO4. The first-order chi connectivity index (χ1) is 11.9. The van der Waals surface area contributed by atoms with Crippen LogP contribution in [0.3, 0.4) is 0 Å². The Morgan fingerprint density at radius 2 is 1.88 bits per heavy atom. The molecule has 2 atom stereocenters. The zero-order valence-corrected chi connectivity index (χ0v) is 15.2. The van der Waals surface area contributed by atoms with Crippen molar-refractivity contribution in [2.75, 3.05) is 13.1 Å². The van der Waals surface area contributed by atoms with Crippen molar-refractivity contribution < 1.29 is 19.4 Å². The average molecular weight is 345 g/mol. The second kappa shape index (κ2) is 7.18. The molecule has 1 saturated heterocycles. The van der Waals surface area contributed by atoms with Crippen LogP contribution in [0.1, 0.15) is 38.3 Å². The van der Waals surface area contributed by atoms with Crippen LogP contribution in [0.15, 0.2) is 36.1 Å². The van der Waals surface area contributed by atoms with Gasteiger partial charge in [0.05, 0.1) is 13.2 Å². The molecule has 1 fully saturated rings. The average Bonchev–Trinajstić information content (AvgIpc) is 3.44. The molecule has 2 aliphatic rings. The van der Waals surface area contributed by atoms with Crippen molar-refractivity contribution in [1.29, 1.82) is 0 Å². The number of rotatable bonds is 5. The molecule has 136 valence electrons. The van der Waals surface area contributed by atoms with Crippen LogP contribution in [0.2, 0.25) is 0 Å². The Kier molecular flexibility index (Phi) is 5.16. The molecule has 3 rings (SSSR count). The molecule has 0 spiro atoms. The van der Waals surface area contributed by atoms with Gasteiger partial charge in [-0.15, -0.1) is 0 Å². The topological polar surface area (TPSA) is 58.8 Å². The van der Waals surface area contributed by atoms with E-state index in [2.05, 4.69) is 20.8 Å². The van der Waals surface area contributed by atoms with E-state index < -0.39 is 6.29 Å². The van der Waals surface area contributed by atoms with Gasteiger partial charge < -0.3 is 19.5 Å². The van der Waals surface area contributed by atoms with Crippen molar-refractivity contribution in [3.8, 4) is 0 Å². The molecule has 1 N–H and O–H groups in total. The molecule has 1 aromatic rings. The van der Waals surface area contributed by atoms with Gasteiger partial charge in [-0.25, -0.2) is 0 Å². The third-order valence-electron chi connectivity index (χ3n) is 4.76. The molecule has 0 aliphatic carbocycles. The number of aliphatic hydroxyl groups excluding tert-OH is 1. The summed E-state index contributed by atoms with van der Waals surface area (Å²) >= 11 is 0. The molecule has 0 unspecified atom stereocenters. The second-order valence-corrected chi connectivity index (χ2v) is 7.86. The summed E-state index contributed by atoms with van der Waals surface area (Å²) in [5.74, 6) is 0.612. The Hall–Kier alpha value is -1.85. The Labute approximate surface area is 149 Å². The van der Waals surface area contributed by atoms with Crippen LogP contribution in [0.4, 0.5) is 0 Å². The van der Waals surface area contributed by atoms with E-state index in [1.54, 1.807) is 4.90 Å². The summed E-state index contributed by atoms with van der Waals surface area (Å²) in [5.41, 5.74) is 1.93. The van der Waals surface area contributed by atoms with Crippen molar-refractivity contribution in [3.05, 3.63) is 47.2 Å². The van der Waals surface area contributed by atoms with Crippen LogP contribution in [0, 0.1) is 11.3 Å². The van der Waals surface area contributed by atoms with Gasteiger partial charge in [-0.2, -0.15) is 0 Å². The van der Waals surface area contributed by atoms with Crippen molar-refractivity contribution >= 4 is 5.91 Å². The summed E-state index contributed by atoms with van der Waals surface area (Å²) in [5, 5.41) is 9.11. The molecular weight excluding hydrogens is 318 g/mol. The van der Waals surface area contributed by atoms with E-state index in [0.29, 0.717) is 12.4 Å². The fourth-order valence-electron chi connectivity index (χ4n) is 2.85. The van der Waals surface area contributed by atoms with E-state index in [9.17, 15) is 4.79 Å². The SMILES string of the molecule is CC(C)(C)[C@H]1C=C(C(=O)N2CC2)O[C@@H](OCc2ccc(CO)cc2)C1. The molecule has 1 aromatic carbocycles. The first-order valence-corrected chi connectivity index (χ1v) is 8.85. The second-order valence-electron chi connectivity index (χ2n) is 7.86. The molecule has 2 aliphatic heterocycles. The lowest BCUT2D eigenvalue weighted by Crippen LogP contribution is -2.34. The fraction of sp³-hybridized carbons (Fsp3) is 0.550. The normalized spacial score (nSPS) is 23.0. The number of amides is 1. The van der Waals surface area contributed by atoms with Gasteiger partial charge >= 0.3 is 0 Å². The van der Waals surface area contributed by atoms with E-state index in [0.717, 1.165) is 30.6 Å². The number of hydrogen-bond acceptors (Lipinski definition) is 4.